The lowest BCUT2D eigenvalue weighted by Gasteiger charge is -2.17. The third-order valence-corrected chi connectivity index (χ3v) is 3.47. The fraction of sp³-hybridized carbons (Fsp3) is 0.111. The lowest BCUT2D eigenvalue weighted by molar-refractivity contribution is -0.113. The molecule has 0 fully saturated rings. The number of rotatable bonds is 3. The van der Waals surface area contributed by atoms with E-state index in [9.17, 15) is 9.59 Å². The molecular formula is C18H15NO3. The topological polar surface area (TPSA) is 55.4 Å². The van der Waals surface area contributed by atoms with Crippen molar-refractivity contribution in [3.63, 3.8) is 0 Å². The summed E-state index contributed by atoms with van der Waals surface area (Å²) >= 11 is 0. The first kappa shape index (κ1) is 14.1. The summed E-state index contributed by atoms with van der Waals surface area (Å²) in [6, 6.07) is 14.4. The minimum atomic E-state index is -0.204. The monoisotopic (exact) mass is 293 g/mol. The Morgan fingerprint density at radius 2 is 1.77 bits per heavy atom. The summed E-state index contributed by atoms with van der Waals surface area (Å²) < 4.78 is 5.57. The molecule has 1 heterocycles. The largest absolute Gasteiger partial charge is 0.488 e. The fourth-order valence-corrected chi connectivity index (χ4v) is 2.25. The van der Waals surface area contributed by atoms with Crippen LogP contribution in [0.5, 0.6) is 5.75 Å². The summed E-state index contributed by atoms with van der Waals surface area (Å²) in [6.45, 7) is 1.75. The minimum Gasteiger partial charge on any atom is -0.488 e. The molecule has 0 atom stereocenters. The van der Waals surface area contributed by atoms with Gasteiger partial charge in [0.05, 0.1) is 5.57 Å². The van der Waals surface area contributed by atoms with Gasteiger partial charge in [0.15, 0.2) is 5.78 Å². The van der Waals surface area contributed by atoms with Gasteiger partial charge in [-0.15, -0.1) is 0 Å². The third kappa shape index (κ3) is 2.91. The quantitative estimate of drug-likeness (QED) is 0.883. The van der Waals surface area contributed by atoms with Gasteiger partial charge in [0.1, 0.15) is 12.4 Å². The molecule has 0 unspecified atom stereocenters. The van der Waals surface area contributed by atoms with Crippen LogP contribution >= 0.6 is 0 Å². The van der Waals surface area contributed by atoms with E-state index in [0.29, 0.717) is 16.8 Å². The van der Waals surface area contributed by atoms with Crippen molar-refractivity contribution in [2.24, 2.45) is 0 Å². The van der Waals surface area contributed by atoms with E-state index >= 15 is 0 Å². The van der Waals surface area contributed by atoms with Crippen molar-refractivity contribution in [3.8, 4) is 5.75 Å². The number of nitrogens with one attached hydrogen (secondary N) is 1. The van der Waals surface area contributed by atoms with Gasteiger partial charge in [-0.05, 0) is 43.3 Å². The first-order chi connectivity index (χ1) is 10.6. The highest BCUT2D eigenvalue weighted by Crippen LogP contribution is 2.26. The van der Waals surface area contributed by atoms with Gasteiger partial charge in [-0.25, -0.2) is 0 Å². The Labute approximate surface area is 128 Å². The molecule has 0 aromatic heterocycles. The van der Waals surface area contributed by atoms with E-state index in [0.717, 1.165) is 11.3 Å². The van der Waals surface area contributed by atoms with Crippen LogP contribution in [0.4, 0.5) is 5.69 Å². The van der Waals surface area contributed by atoms with Crippen molar-refractivity contribution in [2.75, 3.05) is 11.9 Å². The molecule has 4 nitrogen and oxygen atoms in total. The molecule has 2 aromatic rings. The Balaban J connectivity index is 1.75. The van der Waals surface area contributed by atoms with Crippen LogP contribution < -0.4 is 10.1 Å². The van der Waals surface area contributed by atoms with Crippen LogP contribution in [0.3, 0.4) is 0 Å². The van der Waals surface area contributed by atoms with Crippen LogP contribution in [0, 0.1) is 0 Å². The number of benzene rings is 2. The van der Waals surface area contributed by atoms with Gasteiger partial charge < -0.3 is 10.1 Å². The van der Waals surface area contributed by atoms with Crippen LogP contribution in [-0.4, -0.2) is 18.3 Å². The molecule has 0 radical (unpaired) electrons. The SMILES string of the molecule is CC(=O)c1ccc(NC(=O)C2=Cc3ccccc3OC2)cc1. The maximum absolute atomic E-state index is 12.3. The van der Waals surface area contributed by atoms with Crippen molar-refractivity contribution in [2.45, 2.75) is 6.92 Å². The lowest BCUT2D eigenvalue weighted by Crippen LogP contribution is -2.21. The van der Waals surface area contributed by atoms with E-state index in [1.165, 1.54) is 6.92 Å². The normalized spacial score (nSPS) is 12.7. The predicted molar refractivity (Wildman–Crippen MR) is 85.0 cm³/mol. The van der Waals surface area contributed by atoms with Gasteiger partial charge in [-0.2, -0.15) is 0 Å². The van der Waals surface area contributed by atoms with Crippen LogP contribution in [-0.2, 0) is 4.79 Å². The summed E-state index contributed by atoms with van der Waals surface area (Å²) in [7, 11) is 0. The summed E-state index contributed by atoms with van der Waals surface area (Å²) in [5.41, 5.74) is 2.72. The number of carbonyl (C=O) groups excluding carboxylic acids is 2. The molecule has 3 rings (SSSR count). The Morgan fingerprint density at radius 3 is 2.50 bits per heavy atom. The number of carbonyl (C=O) groups is 2. The molecule has 2 aromatic carbocycles. The van der Waals surface area contributed by atoms with Crippen molar-refractivity contribution in [1.29, 1.82) is 0 Å². The van der Waals surface area contributed by atoms with Gasteiger partial charge in [-0.1, -0.05) is 18.2 Å². The van der Waals surface area contributed by atoms with E-state index < -0.39 is 0 Å². The lowest BCUT2D eigenvalue weighted by atomic mass is 10.1. The molecule has 0 bridgehead atoms. The highest BCUT2D eigenvalue weighted by Gasteiger charge is 2.17. The van der Waals surface area contributed by atoms with Crippen molar-refractivity contribution in [3.05, 3.63) is 65.2 Å². The minimum absolute atomic E-state index is 0.00197. The van der Waals surface area contributed by atoms with Crippen LogP contribution in [0.2, 0.25) is 0 Å². The fourth-order valence-electron chi connectivity index (χ4n) is 2.25. The highest BCUT2D eigenvalue weighted by atomic mass is 16.5. The molecule has 1 N–H and O–H groups in total. The number of amides is 1. The molecule has 1 aliphatic heterocycles. The van der Waals surface area contributed by atoms with E-state index in [1.54, 1.807) is 24.3 Å². The maximum atomic E-state index is 12.3. The second-order valence-electron chi connectivity index (χ2n) is 5.08. The van der Waals surface area contributed by atoms with Gasteiger partial charge in [-0.3, -0.25) is 9.59 Å². The number of Topliss-reactive ketones (excluding diaryl/α,β-unsaturated/α-hetero) is 1. The second-order valence-corrected chi connectivity index (χ2v) is 5.08. The van der Waals surface area contributed by atoms with Crippen LogP contribution in [0.15, 0.2) is 54.1 Å². The molecule has 22 heavy (non-hydrogen) atoms. The summed E-state index contributed by atoms with van der Waals surface area (Å²) in [5, 5.41) is 2.81. The zero-order valence-corrected chi connectivity index (χ0v) is 12.1. The van der Waals surface area contributed by atoms with Crippen molar-refractivity contribution in [1.82, 2.24) is 0 Å². The molecule has 0 saturated heterocycles. The van der Waals surface area contributed by atoms with Gasteiger partial charge >= 0.3 is 0 Å². The maximum Gasteiger partial charge on any atom is 0.255 e. The van der Waals surface area contributed by atoms with E-state index in [1.807, 2.05) is 30.3 Å². The molecule has 0 saturated carbocycles. The molecule has 1 amide bonds. The molecule has 0 spiro atoms. The number of ketones is 1. The molecular weight excluding hydrogens is 278 g/mol. The highest BCUT2D eigenvalue weighted by molar-refractivity contribution is 6.07. The Morgan fingerprint density at radius 1 is 1.05 bits per heavy atom. The molecule has 0 aliphatic carbocycles. The average molecular weight is 293 g/mol. The van der Waals surface area contributed by atoms with E-state index in [-0.39, 0.29) is 18.3 Å². The Bertz CT molecular complexity index is 760. The molecule has 1 aliphatic rings. The first-order valence-electron chi connectivity index (χ1n) is 6.98. The number of ether oxygens (including phenoxy) is 1. The number of fused-ring (bicyclic) bond motifs is 1. The summed E-state index contributed by atoms with van der Waals surface area (Å²) in [6.07, 6.45) is 1.83. The number of para-hydroxylation sites is 1. The predicted octanol–water partition coefficient (Wildman–Crippen LogP) is 3.30. The first-order valence-corrected chi connectivity index (χ1v) is 6.98. The van der Waals surface area contributed by atoms with Crippen molar-refractivity contribution >= 4 is 23.5 Å². The van der Waals surface area contributed by atoms with Gasteiger partial charge in [0.2, 0.25) is 0 Å². The zero-order chi connectivity index (χ0) is 15.5. The van der Waals surface area contributed by atoms with Crippen LogP contribution in [0.25, 0.3) is 6.08 Å². The number of anilines is 1. The Hall–Kier alpha value is -2.88. The average Bonchev–Trinajstić information content (AvgIpc) is 2.55. The zero-order valence-electron chi connectivity index (χ0n) is 12.1. The molecule has 4 heteroatoms. The van der Waals surface area contributed by atoms with Gasteiger partial charge in [0.25, 0.3) is 5.91 Å². The van der Waals surface area contributed by atoms with E-state index in [2.05, 4.69) is 5.32 Å². The third-order valence-electron chi connectivity index (χ3n) is 3.47. The van der Waals surface area contributed by atoms with Crippen molar-refractivity contribution < 1.29 is 14.3 Å². The Kier molecular flexibility index (Phi) is 3.74. The van der Waals surface area contributed by atoms with Crippen LogP contribution in [0.1, 0.15) is 22.8 Å². The summed E-state index contributed by atoms with van der Waals surface area (Å²) in [5.74, 6) is 0.577. The second kappa shape index (κ2) is 5.85. The summed E-state index contributed by atoms with van der Waals surface area (Å²) in [4.78, 5) is 23.5. The molecule has 110 valence electrons. The smallest absolute Gasteiger partial charge is 0.255 e. The standard InChI is InChI=1S/C18H15NO3/c1-12(20)13-6-8-16(9-7-13)19-18(21)15-10-14-4-2-3-5-17(14)22-11-15/h2-10H,11H2,1H3,(H,19,21). The van der Waals surface area contributed by atoms with Gasteiger partial charge in [0, 0.05) is 16.8 Å². The van der Waals surface area contributed by atoms with E-state index in [4.69, 9.17) is 4.74 Å². The number of hydrogen-bond donors (Lipinski definition) is 1. The number of hydrogen-bond acceptors (Lipinski definition) is 3.